The fraction of sp³-hybridized carbons (Fsp3) is 0.200. The number of hydrogen-bond donors (Lipinski definition) is 0. The van der Waals surface area contributed by atoms with Crippen molar-refractivity contribution in [2.45, 2.75) is 6.42 Å². The van der Waals surface area contributed by atoms with E-state index in [-0.39, 0.29) is 22.7 Å². The molecule has 27 heavy (non-hydrogen) atoms. The second-order valence-electron chi connectivity index (χ2n) is 6.11. The van der Waals surface area contributed by atoms with Gasteiger partial charge in [-0.25, -0.2) is 4.79 Å². The Morgan fingerprint density at radius 1 is 1.11 bits per heavy atom. The highest BCUT2D eigenvalue weighted by Crippen LogP contribution is 2.24. The normalized spacial score (nSPS) is 13.7. The number of hydrogen-bond acceptors (Lipinski definition) is 5. The van der Waals surface area contributed by atoms with E-state index in [2.05, 4.69) is 4.74 Å². The summed E-state index contributed by atoms with van der Waals surface area (Å²) in [5.41, 5.74) is 2.04. The third-order valence-electron chi connectivity index (χ3n) is 4.44. The van der Waals surface area contributed by atoms with Crippen molar-refractivity contribution in [2.75, 3.05) is 20.2 Å². The van der Waals surface area contributed by atoms with Crippen molar-refractivity contribution >= 4 is 23.1 Å². The summed E-state index contributed by atoms with van der Waals surface area (Å²) in [5.74, 6) is -1.08. The lowest BCUT2D eigenvalue weighted by molar-refractivity contribution is -0.384. The monoisotopic (exact) mass is 366 g/mol. The van der Waals surface area contributed by atoms with E-state index in [1.54, 1.807) is 4.90 Å². The Labute approximate surface area is 156 Å². The van der Waals surface area contributed by atoms with Crippen molar-refractivity contribution < 1.29 is 19.2 Å². The minimum atomic E-state index is -0.724. The van der Waals surface area contributed by atoms with Crippen molar-refractivity contribution in [2.24, 2.45) is 0 Å². The summed E-state index contributed by atoms with van der Waals surface area (Å²) in [6, 6.07) is 13.5. The van der Waals surface area contributed by atoms with Crippen LogP contribution in [-0.4, -0.2) is 41.9 Å². The number of nitro benzene ring substituents is 1. The lowest BCUT2D eigenvalue weighted by Gasteiger charge is -2.27. The number of carbonyl (C=O) groups is 2. The molecule has 0 spiro atoms. The number of methoxy groups -OCH3 is 1. The second kappa shape index (κ2) is 7.82. The van der Waals surface area contributed by atoms with E-state index in [0.29, 0.717) is 19.5 Å². The predicted molar refractivity (Wildman–Crippen MR) is 99.4 cm³/mol. The number of benzene rings is 2. The molecule has 1 aliphatic rings. The van der Waals surface area contributed by atoms with E-state index in [1.165, 1.54) is 19.2 Å². The van der Waals surface area contributed by atoms with Crippen LogP contribution in [0.1, 0.15) is 32.7 Å². The summed E-state index contributed by atoms with van der Waals surface area (Å²) < 4.78 is 4.62. The molecule has 0 aromatic heterocycles. The minimum absolute atomic E-state index is 0.0208. The first kappa shape index (κ1) is 18.3. The first-order chi connectivity index (χ1) is 13.0. The van der Waals surface area contributed by atoms with Crippen LogP contribution in [0.25, 0.3) is 5.57 Å². The molecule has 1 amide bonds. The summed E-state index contributed by atoms with van der Waals surface area (Å²) >= 11 is 0. The summed E-state index contributed by atoms with van der Waals surface area (Å²) in [6.07, 6.45) is 2.67. The van der Waals surface area contributed by atoms with E-state index in [1.807, 2.05) is 36.4 Å². The molecule has 0 saturated carbocycles. The summed E-state index contributed by atoms with van der Waals surface area (Å²) in [6.45, 7) is 0.898. The molecule has 0 bridgehead atoms. The number of nitrogens with zero attached hydrogens (tertiary/aromatic N) is 2. The molecule has 7 nitrogen and oxygen atoms in total. The van der Waals surface area contributed by atoms with E-state index in [4.69, 9.17) is 0 Å². The van der Waals surface area contributed by atoms with Crippen molar-refractivity contribution in [3.63, 3.8) is 0 Å². The molecule has 0 aliphatic carbocycles. The van der Waals surface area contributed by atoms with Crippen LogP contribution < -0.4 is 0 Å². The third-order valence-corrected chi connectivity index (χ3v) is 4.44. The Kier molecular flexibility index (Phi) is 5.30. The molecule has 0 unspecified atom stereocenters. The minimum Gasteiger partial charge on any atom is -0.465 e. The lowest BCUT2D eigenvalue weighted by atomic mass is 9.99. The number of rotatable bonds is 4. The first-order valence-corrected chi connectivity index (χ1v) is 8.41. The summed E-state index contributed by atoms with van der Waals surface area (Å²) in [5, 5.41) is 11.1. The topological polar surface area (TPSA) is 89.8 Å². The van der Waals surface area contributed by atoms with Gasteiger partial charge in [-0.05, 0) is 23.6 Å². The Hall–Kier alpha value is -3.48. The summed E-state index contributed by atoms with van der Waals surface area (Å²) in [4.78, 5) is 36.7. The van der Waals surface area contributed by atoms with Crippen molar-refractivity contribution in [3.05, 3.63) is 81.4 Å². The van der Waals surface area contributed by atoms with Crippen LogP contribution in [0.3, 0.4) is 0 Å². The zero-order valence-electron chi connectivity index (χ0n) is 14.8. The van der Waals surface area contributed by atoms with Crippen molar-refractivity contribution in [1.29, 1.82) is 0 Å². The first-order valence-electron chi connectivity index (χ1n) is 8.41. The smallest absolute Gasteiger partial charge is 0.338 e. The zero-order chi connectivity index (χ0) is 19.4. The van der Waals surface area contributed by atoms with Gasteiger partial charge in [-0.3, -0.25) is 14.9 Å². The van der Waals surface area contributed by atoms with E-state index >= 15 is 0 Å². The second-order valence-corrected chi connectivity index (χ2v) is 6.11. The Morgan fingerprint density at radius 2 is 1.81 bits per heavy atom. The third kappa shape index (κ3) is 4.03. The molecule has 2 aromatic rings. The predicted octanol–water partition coefficient (Wildman–Crippen LogP) is 3.31. The van der Waals surface area contributed by atoms with Gasteiger partial charge in [0.2, 0.25) is 0 Å². The molecule has 0 atom stereocenters. The highest BCUT2D eigenvalue weighted by molar-refractivity contribution is 5.99. The molecule has 0 radical (unpaired) electrons. The molecule has 1 aliphatic heterocycles. The Morgan fingerprint density at radius 3 is 2.41 bits per heavy atom. The quantitative estimate of drug-likeness (QED) is 0.470. The number of nitro groups is 1. The molecule has 138 valence electrons. The molecule has 1 heterocycles. The van der Waals surface area contributed by atoms with Gasteiger partial charge in [0.1, 0.15) is 0 Å². The van der Waals surface area contributed by atoms with E-state index in [0.717, 1.165) is 17.2 Å². The number of esters is 1. The number of amides is 1. The Balaban J connectivity index is 1.84. The van der Waals surface area contributed by atoms with Gasteiger partial charge in [0, 0.05) is 30.8 Å². The Bertz CT molecular complexity index is 921. The van der Waals surface area contributed by atoms with Crippen LogP contribution in [-0.2, 0) is 4.74 Å². The maximum atomic E-state index is 12.8. The van der Waals surface area contributed by atoms with Gasteiger partial charge < -0.3 is 9.64 Å². The maximum Gasteiger partial charge on any atom is 0.338 e. The van der Waals surface area contributed by atoms with Gasteiger partial charge in [-0.2, -0.15) is 0 Å². The van der Waals surface area contributed by atoms with Crippen LogP contribution in [0.4, 0.5) is 5.69 Å². The fourth-order valence-electron chi connectivity index (χ4n) is 3.03. The van der Waals surface area contributed by atoms with Crippen LogP contribution in [0.15, 0.2) is 54.6 Å². The van der Waals surface area contributed by atoms with Crippen LogP contribution >= 0.6 is 0 Å². The van der Waals surface area contributed by atoms with Crippen LogP contribution in [0, 0.1) is 10.1 Å². The maximum absolute atomic E-state index is 12.8. The van der Waals surface area contributed by atoms with Gasteiger partial charge in [0.05, 0.1) is 17.6 Å². The highest BCUT2D eigenvalue weighted by atomic mass is 16.6. The molecular weight excluding hydrogens is 348 g/mol. The largest absolute Gasteiger partial charge is 0.465 e. The van der Waals surface area contributed by atoms with Crippen LogP contribution in [0.5, 0.6) is 0 Å². The van der Waals surface area contributed by atoms with Crippen molar-refractivity contribution in [3.8, 4) is 0 Å². The molecule has 7 heteroatoms. The standard InChI is InChI=1S/C20H18N2O5/c1-27-20(24)17-11-16(12-18(13-17)22(25)26)19(23)21-9-7-15(8-10-21)14-5-3-2-4-6-14/h2-7,11-13H,8-10H2,1H3. The van der Waals surface area contributed by atoms with Gasteiger partial charge in [-0.1, -0.05) is 36.4 Å². The van der Waals surface area contributed by atoms with Gasteiger partial charge in [-0.15, -0.1) is 0 Å². The molecule has 0 fully saturated rings. The average molecular weight is 366 g/mol. The number of carbonyl (C=O) groups excluding carboxylic acids is 2. The van der Waals surface area contributed by atoms with Gasteiger partial charge in [0.15, 0.2) is 0 Å². The fourth-order valence-corrected chi connectivity index (χ4v) is 3.03. The van der Waals surface area contributed by atoms with E-state index < -0.39 is 10.9 Å². The van der Waals surface area contributed by atoms with Crippen molar-refractivity contribution in [1.82, 2.24) is 4.90 Å². The SMILES string of the molecule is COC(=O)c1cc(C(=O)N2CC=C(c3ccccc3)CC2)cc([N+](=O)[O-])c1. The van der Waals surface area contributed by atoms with Gasteiger partial charge in [0.25, 0.3) is 11.6 Å². The van der Waals surface area contributed by atoms with Gasteiger partial charge >= 0.3 is 5.97 Å². The molecule has 2 aromatic carbocycles. The molecule has 0 saturated heterocycles. The molecule has 3 rings (SSSR count). The van der Waals surface area contributed by atoms with E-state index in [9.17, 15) is 19.7 Å². The molecular formula is C20H18N2O5. The number of non-ortho nitro benzene ring substituents is 1. The summed E-state index contributed by atoms with van der Waals surface area (Å²) in [7, 11) is 1.18. The zero-order valence-corrected chi connectivity index (χ0v) is 14.8. The highest BCUT2D eigenvalue weighted by Gasteiger charge is 2.23. The van der Waals surface area contributed by atoms with Crippen LogP contribution in [0.2, 0.25) is 0 Å². The average Bonchev–Trinajstić information content (AvgIpc) is 2.73. The number of ether oxygens (including phenoxy) is 1. The lowest BCUT2D eigenvalue weighted by Crippen LogP contribution is -2.34. The molecule has 0 N–H and O–H groups in total.